The largest absolute Gasteiger partial charge is 0.489 e. The summed E-state index contributed by atoms with van der Waals surface area (Å²) in [6, 6.07) is 3.53. The highest BCUT2D eigenvalue weighted by Gasteiger charge is 2.21. The summed E-state index contributed by atoms with van der Waals surface area (Å²) in [6.45, 7) is 5.65. The van der Waals surface area contributed by atoms with Gasteiger partial charge in [0.25, 0.3) is 0 Å². The lowest BCUT2D eigenvalue weighted by molar-refractivity contribution is 0.0903. The number of carbonyl (C=O) groups is 1. The van der Waals surface area contributed by atoms with Gasteiger partial charge >= 0.3 is 0 Å². The lowest BCUT2D eigenvalue weighted by Crippen LogP contribution is -2.08. The van der Waals surface area contributed by atoms with Crippen LogP contribution in [0.5, 0.6) is 0 Å². The Balaban J connectivity index is 2.55. The van der Waals surface area contributed by atoms with E-state index in [2.05, 4.69) is 6.58 Å². The molecule has 1 N–H and O–H groups in total. The molecule has 0 atom stereocenters. The van der Waals surface area contributed by atoms with Gasteiger partial charge in [-0.15, -0.1) is 0 Å². The first-order chi connectivity index (χ1) is 7.15. The van der Waals surface area contributed by atoms with Gasteiger partial charge in [-0.05, 0) is 12.5 Å². The van der Waals surface area contributed by atoms with Crippen LogP contribution in [0.15, 0.2) is 18.7 Å². The second-order valence-electron chi connectivity index (χ2n) is 3.56. The molecule has 1 aliphatic heterocycles. The molecule has 3 heteroatoms. The number of rotatable bonds is 2. The van der Waals surface area contributed by atoms with Gasteiger partial charge in [-0.25, -0.2) is 0 Å². The molecule has 0 saturated carbocycles. The summed E-state index contributed by atoms with van der Waals surface area (Å²) in [5.74, 6) is 0.393. The molecular formula is C12H12O3. The smallest absolute Gasteiger partial charge is 0.188 e. The Morgan fingerprint density at radius 3 is 3.00 bits per heavy atom. The fourth-order valence-electron chi connectivity index (χ4n) is 1.83. The third kappa shape index (κ3) is 1.45. The van der Waals surface area contributed by atoms with E-state index in [-0.39, 0.29) is 5.78 Å². The molecule has 1 aromatic carbocycles. The normalized spacial score (nSPS) is 13.6. The molecule has 0 unspecified atom stereocenters. The van der Waals surface area contributed by atoms with E-state index in [1.165, 1.54) is 0 Å². The molecule has 0 spiro atoms. The molecule has 0 fully saturated rings. The summed E-state index contributed by atoms with van der Waals surface area (Å²) < 4.78 is 5.30. The van der Waals surface area contributed by atoms with E-state index in [0.29, 0.717) is 17.9 Å². The average Bonchev–Trinajstić information content (AvgIpc) is 2.61. The van der Waals surface area contributed by atoms with E-state index in [9.17, 15) is 4.79 Å². The predicted molar refractivity (Wildman–Crippen MR) is 56.4 cm³/mol. The van der Waals surface area contributed by atoms with Crippen LogP contribution in [0.2, 0.25) is 0 Å². The van der Waals surface area contributed by atoms with Crippen LogP contribution in [0.4, 0.5) is 0 Å². The standard InChI is InChI=1S/C12H12O3/c1-7-9(12(14)5-13)3-4-10-8(2)15-6-11(7)10/h3-4,13H,2,5-6H2,1H3. The number of Topliss-reactive ketones (excluding diaryl/α,β-unsaturated/α-hetero) is 1. The third-order valence-corrected chi connectivity index (χ3v) is 2.73. The van der Waals surface area contributed by atoms with Crippen LogP contribution in [0, 0.1) is 6.92 Å². The predicted octanol–water partition coefficient (Wildman–Crippen LogP) is 1.67. The van der Waals surface area contributed by atoms with Crippen LogP contribution < -0.4 is 0 Å². The van der Waals surface area contributed by atoms with Crippen LogP contribution in [-0.4, -0.2) is 17.5 Å². The minimum Gasteiger partial charge on any atom is -0.489 e. The molecule has 0 radical (unpaired) electrons. The van der Waals surface area contributed by atoms with E-state index in [1.54, 1.807) is 6.07 Å². The van der Waals surface area contributed by atoms with Crippen molar-refractivity contribution in [2.45, 2.75) is 13.5 Å². The number of fused-ring (bicyclic) bond motifs is 1. The van der Waals surface area contributed by atoms with Crippen molar-refractivity contribution >= 4 is 11.5 Å². The molecule has 2 rings (SSSR count). The molecular weight excluding hydrogens is 192 g/mol. The summed E-state index contributed by atoms with van der Waals surface area (Å²) >= 11 is 0. The fourth-order valence-corrected chi connectivity index (χ4v) is 1.83. The number of hydrogen-bond donors (Lipinski definition) is 1. The quantitative estimate of drug-likeness (QED) is 0.745. The molecule has 3 nitrogen and oxygen atoms in total. The summed E-state index contributed by atoms with van der Waals surface area (Å²) in [7, 11) is 0. The first-order valence-electron chi connectivity index (χ1n) is 4.73. The van der Waals surface area contributed by atoms with Gasteiger partial charge in [-0.3, -0.25) is 4.79 Å². The van der Waals surface area contributed by atoms with Crippen molar-refractivity contribution in [3.8, 4) is 0 Å². The summed E-state index contributed by atoms with van der Waals surface area (Å²) in [5.41, 5.74) is 3.40. The number of hydrogen-bond acceptors (Lipinski definition) is 3. The molecule has 1 aromatic rings. The maximum Gasteiger partial charge on any atom is 0.188 e. The molecule has 15 heavy (non-hydrogen) atoms. The number of benzene rings is 1. The Morgan fingerprint density at radius 1 is 1.60 bits per heavy atom. The van der Waals surface area contributed by atoms with E-state index in [1.807, 2.05) is 13.0 Å². The molecule has 1 aliphatic rings. The zero-order valence-electron chi connectivity index (χ0n) is 8.54. The molecule has 0 bridgehead atoms. The summed E-state index contributed by atoms with van der Waals surface area (Å²) in [6.07, 6.45) is 0. The number of aliphatic hydroxyl groups excluding tert-OH is 1. The number of ether oxygens (including phenoxy) is 1. The monoisotopic (exact) mass is 204 g/mol. The van der Waals surface area contributed by atoms with Gasteiger partial charge in [0.05, 0.1) is 0 Å². The SMILES string of the molecule is C=C1OCc2c1ccc(C(=O)CO)c2C. The zero-order chi connectivity index (χ0) is 11.0. The molecule has 0 aromatic heterocycles. The minimum absolute atomic E-state index is 0.257. The van der Waals surface area contributed by atoms with Crippen molar-refractivity contribution in [2.24, 2.45) is 0 Å². The van der Waals surface area contributed by atoms with Crippen molar-refractivity contribution in [3.63, 3.8) is 0 Å². The third-order valence-electron chi connectivity index (χ3n) is 2.73. The van der Waals surface area contributed by atoms with Crippen molar-refractivity contribution in [1.29, 1.82) is 0 Å². The van der Waals surface area contributed by atoms with Gasteiger partial charge in [0.2, 0.25) is 0 Å². The van der Waals surface area contributed by atoms with Crippen LogP contribution >= 0.6 is 0 Å². The van der Waals surface area contributed by atoms with Crippen LogP contribution in [0.1, 0.15) is 27.0 Å². The van der Waals surface area contributed by atoms with Crippen molar-refractivity contribution in [1.82, 2.24) is 0 Å². The Bertz CT molecular complexity index is 446. The Morgan fingerprint density at radius 2 is 2.33 bits per heavy atom. The molecule has 78 valence electrons. The van der Waals surface area contributed by atoms with Crippen molar-refractivity contribution in [3.05, 3.63) is 41.0 Å². The van der Waals surface area contributed by atoms with Gasteiger partial charge < -0.3 is 9.84 Å². The Hall–Kier alpha value is -1.61. The maximum absolute atomic E-state index is 11.4. The first kappa shape index (κ1) is 9.93. The maximum atomic E-state index is 11.4. The highest BCUT2D eigenvalue weighted by molar-refractivity contribution is 5.99. The number of aliphatic hydroxyl groups is 1. The molecule has 0 amide bonds. The van der Waals surface area contributed by atoms with Gasteiger partial charge in [-0.1, -0.05) is 18.7 Å². The lowest BCUT2D eigenvalue weighted by atomic mass is 9.96. The van der Waals surface area contributed by atoms with Gasteiger partial charge in [-0.2, -0.15) is 0 Å². The van der Waals surface area contributed by atoms with Gasteiger partial charge in [0.1, 0.15) is 19.0 Å². The van der Waals surface area contributed by atoms with Crippen molar-refractivity contribution < 1.29 is 14.6 Å². The summed E-state index contributed by atoms with van der Waals surface area (Å²) in [5, 5.41) is 8.81. The van der Waals surface area contributed by atoms with E-state index in [0.717, 1.165) is 16.7 Å². The number of carbonyl (C=O) groups excluding carboxylic acids is 1. The second kappa shape index (κ2) is 3.51. The van der Waals surface area contributed by atoms with E-state index < -0.39 is 6.61 Å². The van der Waals surface area contributed by atoms with Crippen LogP contribution in [0.3, 0.4) is 0 Å². The lowest BCUT2D eigenvalue weighted by Gasteiger charge is -2.06. The first-order valence-corrected chi connectivity index (χ1v) is 4.73. The Labute approximate surface area is 88.0 Å². The topological polar surface area (TPSA) is 46.5 Å². The van der Waals surface area contributed by atoms with Gasteiger partial charge in [0, 0.05) is 16.7 Å². The van der Waals surface area contributed by atoms with Gasteiger partial charge in [0.15, 0.2) is 5.78 Å². The average molecular weight is 204 g/mol. The Kier molecular flexibility index (Phi) is 2.32. The summed E-state index contributed by atoms with van der Waals surface area (Å²) in [4.78, 5) is 11.4. The van der Waals surface area contributed by atoms with E-state index >= 15 is 0 Å². The fraction of sp³-hybridized carbons (Fsp3) is 0.250. The van der Waals surface area contributed by atoms with Crippen molar-refractivity contribution in [2.75, 3.05) is 6.61 Å². The minimum atomic E-state index is -0.457. The molecule has 1 heterocycles. The molecule has 0 saturated heterocycles. The van der Waals surface area contributed by atoms with Crippen LogP contribution in [-0.2, 0) is 11.3 Å². The molecule has 0 aliphatic carbocycles. The highest BCUT2D eigenvalue weighted by atomic mass is 16.5. The van der Waals surface area contributed by atoms with Crippen LogP contribution in [0.25, 0.3) is 5.76 Å². The van der Waals surface area contributed by atoms with E-state index in [4.69, 9.17) is 9.84 Å². The second-order valence-corrected chi connectivity index (χ2v) is 3.56. The number of ketones is 1. The zero-order valence-corrected chi connectivity index (χ0v) is 8.54. The highest BCUT2D eigenvalue weighted by Crippen LogP contribution is 2.32.